The van der Waals surface area contributed by atoms with Gasteiger partial charge < -0.3 is 4.74 Å². The summed E-state index contributed by atoms with van der Waals surface area (Å²) in [5, 5.41) is 0. The summed E-state index contributed by atoms with van der Waals surface area (Å²) in [7, 11) is 0. The van der Waals surface area contributed by atoms with Crippen LogP contribution in [-0.4, -0.2) is 6.36 Å². The molecule has 2 aliphatic carbocycles. The summed E-state index contributed by atoms with van der Waals surface area (Å²) < 4.78 is 99.5. The van der Waals surface area contributed by atoms with E-state index in [0.29, 0.717) is 30.0 Å². The van der Waals surface area contributed by atoms with Crippen LogP contribution in [0, 0.1) is 35.1 Å². The molecule has 2 aromatic carbocycles. The third-order valence-electron chi connectivity index (χ3n) is 8.23. The van der Waals surface area contributed by atoms with Gasteiger partial charge in [0, 0.05) is 0 Å². The molecule has 0 atom stereocenters. The van der Waals surface area contributed by atoms with E-state index in [4.69, 9.17) is 0 Å². The van der Waals surface area contributed by atoms with E-state index in [-0.39, 0.29) is 12.0 Å². The zero-order valence-corrected chi connectivity index (χ0v) is 22.2. The Kier molecular flexibility index (Phi) is 9.65. The first-order chi connectivity index (χ1) is 18.6. The van der Waals surface area contributed by atoms with Crippen LogP contribution < -0.4 is 4.74 Å². The van der Waals surface area contributed by atoms with Gasteiger partial charge in [-0.05, 0) is 72.4 Å². The van der Waals surface area contributed by atoms with Crippen molar-refractivity contribution in [2.45, 2.75) is 96.8 Å². The van der Waals surface area contributed by atoms with E-state index in [9.17, 15) is 22.0 Å². The minimum Gasteiger partial charge on any atom is -0.399 e. The number of allylic oxidation sites excluding steroid dienone is 2. The molecule has 2 aliphatic rings. The standard InChI is InChI=1S/C31H35F7O/c1-2-3-4-5-6-19-7-9-20(10-8-19)11-12-21-13-14-24-22(15-21)16-25(32)28(29(24)35)23-17-26(33)30(27(34)18-23)39-31(36,37)38/h13,16-20H,2-12,14-15H2,1H3. The van der Waals surface area contributed by atoms with Gasteiger partial charge in [-0.2, -0.15) is 0 Å². The van der Waals surface area contributed by atoms with Crippen LogP contribution in [0.2, 0.25) is 0 Å². The average molecular weight is 557 g/mol. The molecule has 0 unspecified atom stereocenters. The van der Waals surface area contributed by atoms with Crippen LogP contribution in [0.1, 0.15) is 88.7 Å². The number of benzene rings is 2. The molecule has 1 fully saturated rings. The van der Waals surface area contributed by atoms with Crippen LogP contribution in [0.5, 0.6) is 5.75 Å². The quantitative estimate of drug-likeness (QED) is 0.161. The van der Waals surface area contributed by atoms with Crippen molar-refractivity contribution in [3.05, 3.63) is 64.2 Å². The lowest BCUT2D eigenvalue weighted by Gasteiger charge is -2.29. The van der Waals surface area contributed by atoms with E-state index in [1.165, 1.54) is 63.9 Å². The maximum atomic E-state index is 15.4. The number of halogens is 7. The van der Waals surface area contributed by atoms with Crippen molar-refractivity contribution in [3.63, 3.8) is 0 Å². The van der Waals surface area contributed by atoms with Crippen molar-refractivity contribution in [1.29, 1.82) is 0 Å². The van der Waals surface area contributed by atoms with Gasteiger partial charge in [-0.15, -0.1) is 13.2 Å². The minimum absolute atomic E-state index is 0.217. The Balaban J connectivity index is 1.38. The largest absolute Gasteiger partial charge is 0.573 e. The Hall–Kier alpha value is -2.51. The summed E-state index contributed by atoms with van der Waals surface area (Å²) in [6.07, 6.45) is 10.7. The molecular formula is C31H35F7O. The summed E-state index contributed by atoms with van der Waals surface area (Å²) in [6.45, 7) is 2.23. The third-order valence-corrected chi connectivity index (χ3v) is 8.23. The molecule has 0 aromatic heterocycles. The first-order valence-corrected chi connectivity index (χ1v) is 14.0. The Morgan fingerprint density at radius 3 is 2.08 bits per heavy atom. The van der Waals surface area contributed by atoms with Gasteiger partial charge in [-0.3, -0.25) is 0 Å². The van der Waals surface area contributed by atoms with Crippen LogP contribution >= 0.6 is 0 Å². The van der Waals surface area contributed by atoms with Crippen molar-refractivity contribution >= 4 is 0 Å². The molecular weight excluding hydrogens is 521 g/mol. The van der Waals surface area contributed by atoms with Crippen molar-refractivity contribution in [1.82, 2.24) is 0 Å². The highest BCUT2D eigenvalue weighted by molar-refractivity contribution is 5.68. The smallest absolute Gasteiger partial charge is 0.399 e. The van der Waals surface area contributed by atoms with Crippen LogP contribution in [0.25, 0.3) is 11.1 Å². The number of rotatable bonds is 10. The second-order valence-corrected chi connectivity index (χ2v) is 11.0. The molecule has 0 amide bonds. The lowest BCUT2D eigenvalue weighted by Crippen LogP contribution is -2.19. The molecule has 0 N–H and O–H groups in total. The SMILES string of the molecule is CCCCCCC1CCC(CCC2=CCc3c(cc(F)c(-c4cc(F)c(OC(F)(F)F)c(F)c4)c3F)C2)CC1. The molecule has 2 aromatic rings. The van der Waals surface area contributed by atoms with Crippen molar-refractivity contribution in [3.8, 4) is 16.9 Å². The van der Waals surface area contributed by atoms with Gasteiger partial charge in [0.1, 0.15) is 11.6 Å². The molecule has 8 heteroatoms. The summed E-state index contributed by atoms with van der Waals surface area (Å²) in [5.41, 5.74) is 0.637. The highest BCUT2D eigenvalue weighted by Gasteiger charge is 2.34. The van der Waals surface area contributed by atoms with Gasteiger partial charge in [0.05, 0.1) is 5.56 Å². The fraction of sp³-hybridized carbons (Fsp3) is 0.548. The van der Waals surface area contributed by atoms with Gasteiger partial charge in [-0.25, -0.2) is 17.6 Å². The molecule has 4 rings (SSSR count). The molecule has 0 bridgehead atoms. The Morgan fingerprint density at radius 2 is 1.46 bits per heavy atom. The van der Waals surface area contributed by atoms with Crippen molar-refractivity contribution < 1.29 is 35.5 Å². The van der Waals surface area contributed by atoms with Crippen LogP contribution in [0.4, 0.5) is 30.7 Å². The van der Waals surface area contributed by atoms with E-state index in [1.54, 1.807) is 0 Å². The summed E-state index contributed by atoms with van der Waals surface area (Å²) in [5.74, 6) is -5.54. The first-order valence-electron chi connectivity index (χ1n) is 14.0. The monoisotopic (exact) mass is 556 g/mol. The Labute approximate surface area is 225 Å². The number of hydrogen-bond donors (Lipinski definition) is 0. The maximum Gasteiger partial charge on any atom is 0.573 e. The van der Waals surface area contributed by atoms with E-state index in [1.807, 2.05) is 6.08 Å². The summed E-state index contributed by atoms with van der Waals surface area (Å²) in [6, 6.07) is 2.06. The van der Waals surface area contributed by atoms with E-state index in [2.05, 4.69) is 11.7 Å². The lowest BCUT2D eigenvalue weighted by atomic mass is 9.77. The molecule has 39 heavy (non-hydrogen) atoms. The van der Waals surface area contributed by atoms with Gasteiger partial charge >= 0.3 is 6.36 Å². The predicted molar refractivity (Wildman–Crippen MR) is 137 cm³/mol. The van der Waals surface area contributed by atoms with Gasteiger partial charge in [-0.1, -0.05) is 76.4 Å². The summed E-state index contributed by atoms with van der Waals surface area (Å²) >= 11 is 0. The molecule has 1 saturated carbocycles. The zero-order chi connectivity index (χ0) is 28.2. The second-order valence-electron chi connectivity index (χ2n) is 11.0. The van der Waals surface area contributed by atoms with Gasteiger partial charge in [0.15, 0.2) is 11.6 Å². The molecule has 0 spiro atoms. The maximum absolute atomic E-state index is 15.4. The fourth-order valence-corrected chi connectivity index (χ4v) is 6.08. The number of unbranched alkanes of at least 4 members (excludes halogenated alkanes) is 3. The van der Waals surface area contributed by atoms with Gasteiger partial charge in [0.2, 0.25) is 5.75 Å². The Bertz CT molecular complexity index is 1150. The third kappa shape index (κ3) is 7.57. The Morgan fingerprint density at radius 1 is 0.821 bits per heavy atom. The first kappa shape index (κ1) is 29.5. The van der Waals surface area contributed by atoms with Crippen LogP contribution in [0.3, 0.4) is 0 Å². The van der Waals surface area contributed by atoms with Crippen molar-refractivity contribution in [2.75, 3.05) is 0 Å². The number of ether oxygens (including phenoxy) is 1. The molecule has 0 heterocycles. The predicted octanol–water partition coefficient (Wildman–Crippen LogP) is 10.4. The van der Waals surface area contributed by atoms with Crippen LogP contribution in [-0.2, 0) is 12.8 Å². The van der Waals surface area contributed by atoms with Gasteiger partial charge in [0.25, 0.3) is 0 Å². The molecule has 214 valence electrons. The molecule has 0 saturated heterocycles. The normalized spacial score (nSPS) is 19.5. The van der Waals surface area contributed by atoms with E-state index >= 15 is 8.78 Å². The average Bonchev–Trinajstić information content (AvgIpc) is 2.87. The molecule has 0 radical (unpaired) electrons. The number of hydrogen-bond acceptors (Lipinski definition) is 1. The summed E-state index contributed by atoms with van der Waals surface area (Å²) in [4.78, 5) is 0. The zero-order valence-electron chi connectivity index (χ0n) is 22.2. The second kappa shape index (κ2) is 12.8. The molecule has 1 nitrogen and oxygen atoms in total. The highest BCUT2D eigenvalue weighted by Crippen LogP contribution is 2.39. The van der Waals surface area contributed by atoms with Crippen LogP contribution in [0.15, 0.2) is 29.8 Å². The molecule has 0 aliphatic heterocycles. The lowest BCUT2D eigenvalue weighted by molar-refractivity contribution is -0.276. The minimum atomic E-state index is -5.32. The number of alkyl halides is 3. The highest BCUT2D eigenvalue weighted by atomic mass is 19.4. The topological polar surface area (TPSA) is 9.23 Å². The van der Waals surface area contributed by atoms with E-state index < -0.39 is 46.5 Å². The number of fused-ring (bicyclic) bond motifs is 1. The van der Waals surface area contributed by atoms with E-state index in [0.717, 1.165) is 24.3 Å². The van der Waals surface area contributed by atoms with Crippen molar-refractivity contribution in [2.24, 2.45) is 11.8 Å². The fourth-order valence-electron chi connectivity index (χ4n) is 6.08.